The lowest BCUT2D eigenvalue weighted by molar-refractivity contribution is 0.0914. The number of hydrogen-bond acceptors (Lipinski definition) is 3. The number of carbonyl (C=O) groups is 1. The standard InChI is InChI=1S/C13H22N4O.ClH/c1-4-11-10(8-17(3)16-11)13(18)15-12-7-14-6-5-9(12)2;/h8-9,12,14H,4-7H2,1-3H3,(H,15,18);1H. The van der Waals surface area contributed by atoms with Crippen molar-refractivity contribution in [2.24, 2.45) is 13.0 Å². The molecule has 2 atom stereocenters. The van der Waals surface area contributed by atoms with E-state index in [0.717, 1.165) is 31.6 Å². The first-order valence-corrected chi connectivity index (χ1v) is 6.66. The number of amides is 1. The van der Waals surface area contributed by atoms with Crippen LogP contribution in [0.2, 0.25) is 0 Å². The van der Waals surface area contributed by atoms with Crippen LogP contribution in [0.4, 0.5) is 0 Å². The monoisotopic (exact) mass is 286 g/mol. The first-order valence-electron chi connectivity index (χ1n) is 6.66. The summed E-state index contributed by atoms with van der Waals surface area (Å²) in [6.45, 7) is 6.11. The fourth-order valence-electron chi connectivity index (χ4n) is 2.41. The van der Waals surface area contributed by atoms with Crippen molar-refractivity contribution in [3.63, 3.8) is 0 Å². The minimum Gasteiger partial charge on any atom is -0.348 e. The summed E-state index contributed by atoms with van der Waals surface area (Å²) in [7, 11) is 1.85. The van der Waals surface area contributed by atoms with Gasteiger partial charge >= 0.3 is 0 Å². The van der Waals surface area contributed by atoms with E-state index in [4.69, 9.17) is 0 Å². The van der Waals surface area contributed by atoms with Crippen molar-refractivity contribution in [2.75, 3.05) is 13.1 Å². The van der Waals surface area contributed by atoms with Gasteiger partial charge in [-0.1, -0.05) is 13.8 Å². The van der Waals surface area contributed by atoms with Gasteiger partial charge in [-0.25, -0.2) is 0 Å². The van der Waals surface area contributed by atoms with Crippen molar-refractivity contribution in [3.05, 3.63) is 17.5 Å². The Morgan fingerprint density at radius 1 is 1.63 bits per heavy atom. The van der Waals surface area contributed by atoms with Gasteiger partial charge in [0.15, 0.2) is 0 Å². The zero-order valence-electron chi connectivity index (χ0n) is 11.8. The molecular formula is C13H23ClN4O. The second kappa shape index (κ2) is 6.91. The van der Waals surface area contributed by atoms with E-state index < -0.39 is 0 Å². The van der Waals surface area contributed by atoms with Crippen LogP contribution in [-0.2, 0) is 13.5 Å². The molecule has 1 aromatic rings. The summed E-state index contributed by atoms with van der Waals surface area (Å²) >= 11 is 0. The third-order valence-electron chi connectivity index (χ3n) is 3.63. The summed E-state index contributed by atoms with van der Waals surface area (Å²) in [5.74, 6) is 0.525. The molecule has 0 radical (unpaired) electrons. The molecule has 0 aromatic carbocycles. The van der Waals surface area contributed by atoms with Crippen LogP contribution >= 0.6 is 12.4 Å². The van der Waals surface area contributed by atoms with Crippen LogP contribution in [0.15, 0.2) is 6.20 Å². The molecular weight excluding hydrogens is 264 g/mol. The highest BCUT2D eigenvalue weighted by Crippen LogP contribution is 2.13. The van der Waals surface area contributed by atoms with E-state index in [1.165, 1.54) is 0 Å². The highest BCUT2D eigenvalue weighted by molar-refractivity contribution is 5.95. The second-order valence-corrected chi connectivity index (χ2v) is 5.07. The summed E-state index contributed by atoms with van der Waals surface area (Å²) < 4.78 is 1.70. The van der Waals surface area contributed by atoms with Gasteiger partial charge in [0, 0.05) is 25.8 Å². The topological polar surface area (TPSA) is 59.0 Å². The van der Waals surface area contributed by atoms with Crippen LogP contribution in [0.1, 0.15) is 36.3 Å². The SMILES string of the molecule is CCc1nn(C)cc1C(=O)NC1CNCCC1C.Cl. The molecule has 5 nitrogen and oxygen atoms in total. The molecule has 2 unspecified atom stereocenters. The molecule has 0 spiro atoms. The quantitative estimate of drug-likeness (QED) is 0.876. The summed E-state index contributed by atoms with van der Waals surface area (Å²) in [4.78, 5) is 12.3. The molecule has 6 heteroatoms. The van der Waals surface area contributed by atoms with E-state index in [-0.39, 0.29) is 24.4 Å². The van der Waals surface area contributed by atoms with Gasteiger partial charge in [0.1, 0.15) is 0 Å². The summed E-state index contributed by atoms with van der Waals surface area (Å²) in [6.07, 6.45) is 3.69. The number of nitrogens with zero attached hydrogens (tertiary/aromatic N) is 2. The Balaban J connectivity index is 0.00000180. The number of carbonyl (C=O) groups excluding carboxylic acids is 1. The number of halogens is 1. The second-order valence-electron chi connectivity index (χ2n) is 5.07. The first-order chi connectivity index (χ1) is 8.61. The van der Waals surface area contributed by atoms with Crippen molar-refractivity contribution in [2.45, 2.75) is 32.7 Å². The highest BCUT2D eigenvalue weighted by Gasteiger charge is 2.24. The molecule has 1 aliphatic heterocycles. The van der Waals surface area contributed by atoms with Gasteiger partial charge in [-0.05, 0) is 25.3 Å². The Labute approximate surface area is 120 Å². The maximum Gasteiger partial charge on any atom is 0.255 e. The predicted molar refractivity (Wildman–Crippen MR) is 77.7 cm³/mol. The van der Waals surface area contributed by atoms with E-state index >= 15 is 0 Å². The molecule has 1 aromatic heterocycles. The molecule has 2 heterocycles. The number of hydrogen-bond donors (Lipinski definition) is 2. The minimum atomic E-state index is 0. The molecule has 0 bridgehead atoms. The molecule has 1 amide bonds. The maximum atomic E-state index is 12.3. The number of nitrogens with one attached hydrogen (secondary N) is 2. The van der Waals surface area contributed by atoms with Crippen LogP contribution in [0, 0.1) is 5.92 Å². The average Bonchev–Trinajstić information content (AvgIpc) is 2.73. The lowest BCUT2D eigenvalue weighted by atomic mass is 9.94. The van der Waals surface area contributed by atoms with Crippen molar-refractivity contribution >= 4 is 18.3 Å². The Morgan fingerprint density at radius 3 is 3.00 bits per heavy atom. The Bertz CT molecular complexity index is 432. The molecule has 108 valence electrons. The largest absolute Gasteiger partial charge is 0.348 e. The van der Waals surface area contributed by atoms with E-state index in [1.807, 2.05) is 14.0 Å². The molecule has 1 fully saturated rings. The zero-order valence-corrected chi connectivity index (χ0v) is 12.6. The molecule has 0 aliphatic carbocycles. The van der Waals surface area contributed by atoms with Crippen LogP contribution < -0.4 is 10.6 Å². The molecule has 19 heavy (non-hydrogen) atoms. The zero-order chi connectivity index (χ0) is 13.1. The summed E-state index contributed by atoms with van der Waals surface area (Å²) in [5, 5.41) is 10.7. The molecule has 2 rings (SSSR count). The number of aromatic nitrogens is 2. The minimum absolute atomic E-state index is 0. The van der Waals surface area contributed by atoms with Crippen LogP contribution in [-0.4, -0.2) is 34.8 Å². The van der Waals surface area contributed by atoms with Gasteiger partial charge in [0.2, 0.25) is 0 Å². The molecule has 1 saturated heterocycles. The number of rotatable bonds is 3. The number of aryl methyl sites for hydroxylation is 2. The Morgan fingerprint density at radius 2 is 2.37 bits per heavy atom. The predicted octanol–water partition coefficient (Wildman–Crippen LogP) is 1.13. The highest BCUT2D eigenvalue weighted by atomic mass is 35.5. The molecule has 0 saturated carbocycles. The van der Waals surface area contributed by atoms with Gasteiger partial charge in [-0.3, -0.25) is 9.48 Å². The Kier molecular flexibility index (Phi) is 5.82. The lowest BCUT2D eigenvalue weighted by Gasteiger charge is -2.30. The molecule has 2 N–H and O–H groups in total. The van der Waals surface area contributed by atoms with E-state index in [1.54, 1.807) is 10.9 Å². The van der Waals surface area contributed by atoms with Gasteiger partial charge < -0.3 is 10.6 Å². The maximum absolute atomic E-state index is 12.3. The van der Waals surface area contributed by atoms with Crippen LogP contribution in [0.5, 0.6) is 0 Å². The van der Waals surface area contributed by atoms with Gasteiger partial charge in [0.25, 0.3) is 5.91 Å². The van der Waals surface area contributed by atoms with E-state index in [9.17, 15) is 4.79 Å². The molecule has 1 aliphatic rings. The van der Waals surface area contributed by atoms with Crippen molar-refractivity contribution in [1.82, 2.24) is 20.4 Å². The third-order valence-corrected chi connectivity index (χ3v) is 3.63. The van der Waals surface area contributed by atoms with Crippen LogP contribution in [0.25, 0.3) is 0 Å². The van der Waals surface area contributed by atoms with Gasteiger partial charge in [-0.2, -0.15) is 5.10 Å². The van der Waals surface area contributed by atoms with E-state index in [0.29, 0.717) is 11.5 Å². The smallest absolute Gasteiger partial charge is 0.255 e. The van der Waals surface area contributed by atoms with Gasteiger partial charge in [-0.15, -0.1) is 12.4 Å². The fourth-order valence-corrected chi connectivity index (χ4v) is 2.41. The van der Waals surface area contributed by atoms with Gasteiger partial charge in [0.05, 0.1) is 11.3 Å². The summed E-state index contributed by atoms with van der Waals surface area (Å²) in [5.41, 5.74) is 1.57. The van der Waals surface area contributed by atoms with Crippen molar-refractivity contribution in [1.29, 1.82) is 0 Å². The average molecular weight is 287 g/mol. The van der Waals surface area contributed by atoms with Crippen molar-refractivity contribution in [3.8, 4) is 0 Å². The Hall–Kier alpha value is -1.07. The normalized spacial score (nSPS) is 22.7. The summed E-state index contributed by atoms with van der Waals surface area (Å²) in [6, 6.07) is 0.219. The van der Waals surface area contributed by atoms with Crippen LogP contribution in [0.3, 0.4) is 0 Å². The number of piperidine rings is 1. The van der Waals surface area contributed by atoms with E-state index in [2.05, 4.69) is 22.7 Å². The first kappa shape index (κ1) is 16.0. The lowest BCUT2D eigenvalue weighted by Crippen LogP contribution is -2.50. The van der Waals surface area contributed by atoms with Crippen molar-refractivity contribution < 1.29 is 4.79 Å². The third kappa shape index (κ3) is 3.70. The fraction of sp³-hybridized carbons (Fsp3) is 0.692.